The van der Waals surface area contributed by atoms with Crippen LogP contribution in [0.4, 0.5) is 0 Å². The highest BCUT2D eigenvalue weighted by molar-refractivity contribution is 7.99. The summed E-state index contributed by atoms with van der Waals surface area (Å²) in [6.07, 6.45) is 0.791. The van der Waals surface area contributed by atoms with Crippen molar-refractivity contribution in [2.45, 2.75) is 11.7 Å². The molecule has 1 saturated heterocycles. The van der Waals surface area contributed by atoms with Crippen LogP contribution in [0.3, 0.4) is 0 Å². The minimum atomic E-state index is -0.585. The molecule has 0 bridgehead atoms. The van der Waals surface area contributed by atoms with Crippen molar-refractivity contribution >= 4 is 40.2 Å². The fourth-order valence-electron chi connectivity index (χ4n) is 3.34. The van der Waals surface area contributed by atoms with Gasteiger partial charge in [-0.1, -0.05) is 48.0 Å². The second kappa shape index (κ2) is 7.79. The lowest BCUT2D eigenvalue weighted by Gasteiger charge is -2.20. The van der Waals surface area contributed by atoms with Gasteiger partial charge in [-0.05, 0) is 30.2 Å². The molecule has 0 N–H and O–H groups in total. The number of fused-ring (bicyclic) bond motifs is 1. The predicted octanol–water partition coefficient (Wildman–Crippen LogP) is 4.77. The van der Waals surface area contributed by atoms with Gasteiger partial charge in [-0.2, -0.15) is 11.8 Å². The van der Waals surface area contributed by atoms with E-state index in [1.165, 1.54) is 0 Å². The van der Waals surface area contributed by atoms with Crippen LogP contribution in [0, 0.1) is 0 Å². The third kappa shape index (κ3) is 3.75. The zero-order chi connectivity index (χ0) is 18.8. The van der Waals surface area contributed by atoms with Gasteiger partial charge in [-0.25, -0.2) is 4.79 Å². The quantitative estimate of drug-likeness (QED) is 0.582. The van der Waals surface area contributed by atoms with Crippen molar-refractivity contribution < 1.29 is 9.21 Å². The molecule has 0 unspecified atom stereocenters. The summed E-state index contributed by atoms with van der Waals surface area (Å²) in [4.78, 5) is 27.0. The van der Waals surface area contributed by atoms with E-state index >= 15 is 0 Å². The molecule has 0 aliphatic carbocycles. The lowest BCUT2D eigenvalue weighted by molar-refractivity contribution is 0.0762. The molecule has 1 aliphatic heterocycles. The number of carbonyl (C=O) groups excluding carboxylic acids is 1. The van der Waals surface area contributed by atoms with Crippen LogP contribution in [0.1, 0.15) is 27.6 Å². The van der Waals surface area contributed by atoms with Crippen molar-refractivity contribution in [1.29, 1.82) is 0 Å². The molecular weight excluding hydrogens is 382 g/mol. The minimum Gasteiger partial charge on any atom is -0.422 e. The number of halogens is 1. The van der Waals surface area contributed by atoms with Gasteiger partial charge in [0.1, 0.15) is 11.1 Å². The number of hydrogen-bond donors (Lipinski definition) is 0. The molecular formula is C21H18ClNO3S. The molecule has 2 heterocycles. The lowest BCUT2D eigenvalue weighted by Crippen LogP contribution is -2.35. The molecule has 0 spiro atoms. The van der Waals surface area contributed by atoms with E-state index in [0.29, 0.717) is 18.7 Å². The van der Waals surface area contributed by atoms with E-state index in [2.05, 4.69) is 0 Å². The molecule has 1 aliphatic rings. The molecule has 4 nitrogen and oxygen atoms in total. The summed E-state index contributed by atoms with van der Waals surface area (Å²) in [6.45, 7) is 1.17. The summed E-state index contributed by atoms with van der Waals surface area (Å²) in [7, 11) is 0. The third-order valence-electron chi connectivity index (χ3n) is 4.75. The van der Waals surface area contributed by atoms with E-state index in [1.54, 1.807) is 34.9 Å². The van der Waals surface area contributed by atoms with Crippen LogP contribution in [0.25, 0.3) is 11.0 Å². The SMILES string of the molecule is O=C(c1cc2ccccc2oc1=O)N1CCS[C@H](c2ccccc2Cl)CC1. The van der Waals surface area contributed by atoms with E-state index in [1.807, 2.05) is 36.4 Å². The normalized spacial score (nSPS) is 17.7. The highest BCUT2D eigenvalue weighted by atomic mass is 35.5. The average Bonchev–Trinajstić information content (AvgIpc) is 2.93. The number of amides is 1. The van der Waals surface area contributed by atoms with Gasteiger partial charge in [0.25, 0.3) is 5.91 Å². The Bertz CT molecular complexity index is 1050. The van der Waals surface area contributed by atoms with Gasteiger partial charge < -0.3 is 9.32 Å². The molecule has 6 heteroatoms. The first-order valence-electron chi connectivity index (χ1n) is 8.81. The Hall–Kier alpha value is -2.24. The molecule has 4 rings (SSSR count). The summed E-state index contributed by atoms with van der Waals surface area (Å²) in [5.74, 6) is 0.524. The van der Waals surface area contributed by atoms with Crippen LogP contribution < -0.4 is 5.63 Å². The number of benzene rings is 2. The Kier molecular flexibility index (Phi) is 5.23. The van der Waals surface area contributed by atoms with Gasteiger partial charge in [-0.3, -0.25) is 4.79 Å². The Labute approximate surface area is 166 Å². The standard InChI is InChI=1S/C21H18ClNO3S/c22-17-7-3-2-6-15(17)19-9-10-23(11-12-27-19)20(24)16-13-14-5-1-4-8-18(14)26-21(16)25/h1-8,13,19H,9-12H2/t19-/m0/s1. The van der Waals surface area contributed by atoms with Crippen LogP contribution in [0.15, 0.2) is 63.8 Å². The number of hydrogen-bond acceptors (Lipinski definition) is 4. The summed E-state index contributed by atoms with van der Waals surface area (Å²) in [6, 6.07) is 16.7. The van der Waals surface area contributed by atoms with Gasteiger partial charge in [0.2, 0.25) is 0 Å². The monoisotopic (exact) mass is 399 g/mol. The third-order valence-corrected chi connectivity index (χ3v) is 6.41. The number of carbonyl (C=O) groups is 1. The Balaban J connectivity index is 1.56. The first-order chi connectivity index (χ1) is 13.1. The van der Waals surface area contributed by atoms with Crippen LogP contribution in [0.5, 0.6) is 0 Å². The largest absolute Gasteiger partial charge is 0.422 e. The highest BCUT2D eigenvalue weighted by Gasteiger charge is 2.26. The Morgan fingerprint density at radius 3 is 2.74 bits per heavy atom. The molecule has 3 aromatic rings. The summed E-state index contributed by atoms with van der Waals surface area (Å²) in [5, 5.41) is 1.74. The summed E-state index contributed by atoms with van der Waals surface area (Å²) < 4.78 is 5.32. The van der Waals surface area contributed by atoms with Crippen molar-refractivity contribution in [3.05, 3.63) is 81.2 Å². The predicted molar refractivity (Wildman–Crippen MR) is 110 cm³/mol. The maximum atomic E-state index is 13.0. The van der Waals surface area contributed by atoms with Gasteiger partial charge in [0.15, 0.2) is 0 Å². The number of para-hydroxylation sites is 1. The summed E-state index contributed by atoms with van der Waals surface area (Å²) in [5.41, 5.74) is 1.10. The molecule has 1 amide bonds. The van der Waals surface area contributed by atoms with E-state index in [4.69, 9.17) is 16.0 Å². The van der Waals surface area contributed by atoms with Crippen molar-refractivity contribution in [2.24, 2.45) is 0 Å². The first-order valence-corrected chi connectivity index (χ1v) is 10.2. The zero-order valence-electron chi connectivity index (χ0n) is 14.6. The Morgan fingerprint density at radius 2 is 1.89 bits per heavy atom. The van der Waals surface area contributed by atoms with E-state index in [0.717, 1.165) is 28.1 Å². The minimum absolute atomic E-state index is 0.0925. The molecule has 0 radical (unpaired) electrons. The van der Waals surface area contributed by atoms with E-state index in [9.17, 15) is 9.59 Å². The highest BCUT2D eigenvalue weighted by Crippen LogP contribution is 2.37. The van der Waals surface area contributed by atoms with Crippen molar-refractivity contribution in [3.8, 4) is 0 Å². The van der Waals surface area contributed by atoms with Crippen molar-refractivity contribution in [3.63, 3.8) is 0 Å². The molecule has 138 valence electrons. The Morgan fingerprint density at radius 1 is 1.11 bits per heavy atom. The molecule has 2 aromatic carbocycles. The topological polar surface area (TPSA) is 50.5 Å². The number of rotatable bonds is 2. The molecule has 1 fully saturated rings. The van der Waals surface area contributed by atoms with Crippen LogP contribution in [-0.2, 0) is 0 Å². The second-order valence-corrected chi connectivity index (χ2v) is 8.16. The van der Waals surface area contributed by atoms with E-state index in [-0.39, 0.29) is 16.7 Å². The van der Waals surface area contributed by atoms with Crippen molar-refractivity contribution in [1.82, 2.24) is 4.90 Å². The van der Waals surface area contributed by atoms with Crippen LogP contribution in [-0.4, -0.2) is 29.6 Å². The van der Waals surface area contributed by atoms with E-state index < -0.39 is 5.63 Å². The van der Waals surface area contributed by atoms with Gasteiger partial charge in [0.05, 0.1) is 0 Å². The maximum absolute atomic E-state index is 13.0. The second-order valence-electron chi connectivity index (χ2n) is 6.45. The van der Waals surface area contributed by atoms with Gasteiger partial charge in [-0.15, -0.1) is 0 Å². The molecule has 0 saturated carbocycles. The number of thioether (sulfide) groups is 1. The van der Waals surface area contributed by atoms with Crippen molar-refractivity contribution in [2.75, 3.05) is 18.8 Å². The maximum Gasteiger partial charge on any atom is 0.349 e. The zero-order valence-corrected chi connectivity index (χ0v) is 16.1. The molecule has 1 aromatic heterocycles. The first kappa shape index (κ1) is 18.1. The molecule has 1 atom stereocenters. The fraction of sp³-hybridized carbons (Fsp3) is 0.238. The van der Waals surface area contributed by atoms with Crippen LogP contribution in [0.2, 0.25) is 5.02 Å². The van der Waals surface area contributed by atoms with Gasteiger partial charge >= 0.3 is 5.63 Å². The smallest absolute Gasteiger partial charge is 0.349 e. The average molecular weight is 400 g/mol. The van der Waals surface area contributed by atoms with Gasteiger partial charge in [0, 0.05) is 34.5 Å². The van der Waals surface area contributed by atoms with Crippen LogP contribution >= 0.6 is 23.4 Å². The fourth-order valence-corrected chi connectivity index (χ4v) is 4.94. The lowest BCUT2D eigenvalue weighted by atomic mass is 10.1. The summed E-state index contributed by atoms with van der Waals surface area (Å²) >= 11 is 8.13. The molecule has 27 heavy (non-hydrogen) atoms. The number of nitrogens with zero attached hydrogens (tertiary/aromatic N) is 1.